The van der Waals surface area contributed by atoms with E-state index >= 15 is 0 Å². The first-order valence-corrected chi connectivity index (χ1v) is 11.9. The molecular weight excluding hydrogens is 418 g/mol. The standard InChI is InChI=1S/C25H31N5O3/c1-17-20(18(2)30-24(26-17)21-5-3-4-6-22(21)27-30)7-8-23(31)28-11-9-19(10-12-28)25(32)29-13-15-33-16-14-29/h3-6,19H,7-16H2,1-2H3. The number of ether oxygens (including phenoxy) is 1. The molecule has 5 rings (SSSR count). The fourth-order valence-electron chi connectivity index (χ4n) is 5.15. The molecule has 2 aliphatic heterocycles. The highest BCUT2D eigenvalue weighted by Gasteiger charge is 2.30. The van der Waals surface area contributed by atoms with Crippen molar-refractivity contribution in [3.05, 3.63) is 41.2 Å². The summed E-state index contributed by atoms with van der Waals surface area (Å²) in [6, 6.07) is 8.02. The van der Waals surface area contributed by atoms with Crippen molar-refractivity contribution in [2.24, 2.45) is 5.92 Å². The number of aryl methyl sites for hydroxylation is 2. The van der Waals surface area contributed by atoms with Crippen LogP contribution in [0.3, 0.4) is 0 Å². The van der Waals surface area contributed by atoms with E-state index in [9.17, 15) is 9.59 Å². The number of morpholine rings is 1. The third-order valence-corrected chi connectivity index (χ3v) is 7.13. The van der Waals surface area contributed by atoms with Gasteiger partial charge >= 0.3 is 0 Å². The normalized spacial score (nSPS) is 17.8. The van der Waals surface area contributed by atoms with Crippen molar-refractivity contribution in [2.75, 3.05) is 39.4 Å². The van der Waals surface area contributed by atoms with Crippen LogP contribution in [0.4, 0.5) is 0 Å². The molecule has 2 aliphatic rings. The molecule has 0 radical (unpaired) electrons. The molecule has 0 atom stereocenters. The van der Waals surface area contributed by atoms with E-state index in [-0.39, 0.29) is 17.7 Å². The molecule has 174 valence electrons. The van der Waals surface area contributed by atoms with E-state index in [4.69, 9.17) is 14.8 Å². The fraction of sp³-hybridized carbons (Fsp3) is 0.520. The third kappa shape index (κ3) is 4.19. The highest BCUT2D eigenvalue weighted by Crippen LogP contribution is 2.24. The molecule has 0 spiro atoms. The number of carbonyl (C=O) groups is 2. The summed E-state index contributed by atoms with van der Waals surface area (Å²) >= 11 is 0. The Morgan fingerprint density at radius 2 is 1.76 bits per heavy atom. The van der Waals surface area contributed by atoms with Gasteiger partial charge in [0.1, 0.15) is 0 Å². The molecule has 2 aromatic heterocycles. The molecule has 2 saturated heterocycles. The van der Waals surface area contributed by atoms with Crippen molar-refractivity contribution >= 4 is 28.4 Å². The van der Waals surface area contributed by atoms with Gasteiger partial charge in [0.2, 0.25) is 11.8 Å². The molecule has 0 aliphatic carbocycles. The maximum Gasteiger partial charge on any atom is 0.225 e. The third-order valence-electron chi connectivity index (χ3n) is 7.13. The van der Waals surface area contributed by atoms with Gasteiger partial charge in [0.15, 0.2) is 5.65 Å². The van der Waals surface area contributed by atoms with Crippen LogP contribution in [-0.4, -0.2) is 75.6 Å². The van der Waals surface area contributed by atoms with Crippen LogP contribution in [-0.2, 0) is 20.7 Å². The van der Waals surface area contributed by atoms with Crippen LogP contribution in [0.1, 0.15) is 36.2 Å². The molecule has 2 fully saturated rings. The minimum absolute atomic E-state index is 0.0252. The van der Waals surface area contributed by atoms with E-state index in [2.05, 4.69) is 6.92 Å². The average Bonchev–Trinajstić information content (AvgIpc) is 3.23. The van der Waals surface area contributed by atoms with Crippen molar-refractivity contribution in [3.63, 3.8) is 0 Å². The Kier molecular flexibility index (Phi) is 6.01. The van der Waals surface area contributed by atoms with Gasteiger partial charge in [0.05, 0.1) is 18.7 Å². The first kappa shape index (κ1) is 21.8. The minimum atomic E-state index is 0.0252. The number of benzene rings is 1. The summed E-state index contributed by atoms with van der Waals surface area (Å²) in [5, 5.41) is 5.75. The minimum Gasteiger partial charge on any atom is -0.378 e. The zero-order valence-corrected chi connectivity index (χ0v) is 19.4. The molecule has 8 heteroatoms. The summed E-state index contributed by atoms with van der Waals surface area (Å²) < 4.78 is 7.25. The number of amides is 2. The largest absolute Gasteiger partial charge is 0.378 e. The van der Waals surface area contributed by atoms with Crippen LogP contribution in [0.25, 0.3) is 16.6 Å². The van der Waals surface area contributed by atoms with Gasteiger partial charge in [-0.2, -0.15) is 5.10 Å². The lowest BCUT2D eigenvalue weighted by atomic mass is 9.94. The topological polar surface area (TPSA) is 80.0 Å². The summed E-state index contributed by atoms with van der Waals surface area (Å²) in [5.41, 5.74) is 4.86. The van der Waals surface area contributed by atoms with Crippen molar-refractivity contribution in [3.8, 4) is 0 Å². The number of hydrogen-bond acceptors (Lipinski definition) is 5. The fourth-order valence-corrected chi connectivity index (χ4v) is 5.15. The average molecular weight is 450 g/mol. The molecule has 2 amide bonds. The summed E-state index contributed by atoms with van der Waals surface area (Å²) in [7, 11) is 0. The maximum absolute atomic E-state index is 12.9. The van der Waals surface area contributed by atoms with Gasteiger partial charge in [0, 0.05) is 55.3 Å². The second-order valence-electron chi connectivity index (χ2n) is 9.11. The number of carbonyl (C=O) groups excluding carboxylic acids is 2. The van der Waals surface area contributed by atoms with Gasteiger partial charge in [-0.3, -0.25) is 9.59 Å². The molecule has 1 aromatic carbocycles. The van der Waals surface area contributed by atoms with E-state index in [0.29, 0.717) is 52.2 Å². The number of rotatable bonds is 4. The van der Waals surface area contributed by atoms with Crippen LogP contribution in [0.5, 0.6) is 0 Å². The SMILES string of the molecule is Cc1nc2c3ccccc3nn2c(C)c1CCC(=O)N1CCC(C(=O)N2CCOCC2)CC1. The van der Waals surface area contributed by atoms with Gasteiger partial charge in [-0.05, 0) is 50.8 Å². The van der Waals surface area contributed by atoms with Crippen molar-refractivity contribution in [1.82, 2.24) is 24.4 Å². The Hall–Kier alpha value is -3.00. The number of fused-ring (bicyclic) bond motifs is 3. The second kappa shape index (κ2) is 9.09. The number of likely N-dealkylation sites (tertiary alicyclic amines) is 1. The Morgan fingerprint density at radius 3 is 2.52 bits per heavy atom. The van der Waals surface area contributed by atoms with Crippen LogP contribution in [0.15, 0.2) is 24.3 Å². The Bertz CT molecular complexity index is 1190. The van der Waals surface area contributed by atoms with E-state index in [0.717, 1.165) is 46.3 Å². The molecule has 4 heterocycles. The van der Waals surface area contributed by atoms with Gasteiger partial charge in [-0.1, -0.05) is 12.1 Å². The molecule has 0 unspecified atom stereocenters. The smallest absolute Gasteiger partial charge is 0.225 e. The quantitative estimate of drug-likeness (QED) is 0.612. The van der Waals surface area contributed by atoms with Crippen molar-refractivity contribution in [1.29, 1.82) is 0 Å². The van der Waals surface area contributed by atoms with E-state index in [1.165, 1.54) is 0 Å². The lowest BCUT2D eigenvalue weighted by Gasteiger charge is -2.35. The molecular formula is C25H31N5O3. The Balaban J connectivity index is 1.21. The predicted molar refractivity (Wildman–Crippen MR) is 125 cm³/mol. The first-order chi connectivity index (χ1) is 16.0. The van der Waals surface area contributed by atoms with Gasteiger partial charge in [-0.15, -0.1) is 0 Å². The van der Waals surface area contributed by atoms with E-state index in [1.807, 2.05) is 45.5 Å². The number of hydrogen-bond donors (Lipinski definition) is 0. The summed E-state index contributed by atoms with van der Waals surface area (Å²) in [6.07, 6.45) is 2.57. The van der Waals surface area contributed by atoms with Crippen LogP contribution < -0.4 is 0 Å². The second-order valence-corrected chi connectivity index (χ2v) is 9.11. The molecule has 0 bridgehead atoms. The monoisotopic (exact) mass is 449 g/mol. The zero-order chi connectivity index (χ0) is 22.9. The lowest BCUT2D eigenvalue weighted by molar-refractivity contribution is -0.143. The first-order valence-electron chi connectivity index (χ1n) is 11.9. The molecule has 0 saturated carbocycles. The molecule has 0 N–H and O–H groups in total. The lowest BCUT2D eigenvalue weighted by Crippen LogP contribution is -2.47. The summed E-state index contributed by atoms with van der Waals surface area (Å²) in [6.45, 7) is 7.97. The van der Waals surface area contributed by atoms with Gasteiger partial charge < -0.3 is 14.5 Å². The van der Waals surface area contributed by atoms with Crippen molar-refractivity contribution in [2.45, 2.75) is 39.5 Å². The highest BCUT2D eigenvalue weighted by atomic mass is 16.5. The Morgan fingerprint density at radius 1 is 1.03 bits per heavy atom. The highest BCUT2D eigenvalue weighted by molar-refractivity contribution is 5.92. The number of nitrogens with zero attached hydrogens (tertiary/aromatic N) is 5. The Labute approximate surface area is 193 Å². The van der Waals surface area contributed by atoms with E-state index < -0.39 is 0 Å². The van der Waals surface area contributed by atoms with Crippen molar-refractivity contribution < 1.29 is 14.3 Å². The van der Waals surface area contributed by atoms with E-state index in [1.54, 1.807) is 0 Å². The van der Waals surface area contributed by atoms with Crippen LogP contribution in [0, 0.1) is 19.8 Å². The maximum atomic E-state index is 12.9. The predicted octanol–water partition coefficient (Wildman–Crippen LogP) is 2.53. The zero-order valence-electron chi connectivity index (χ0n) is 19.4. The number of piperidine rings is 1. The van der Waals surface area contributed by atoms with Gasteiger partial charge in [0.25, 0.3) is 0 Å². The molecule has 3 aromatic rings. The molecule has 8 nitrogen and oxygen atoms in total. The van der Waals surface area contributed by atoms with Gasteiger partial charge in [-0.25, -0.2) is 9.50 Å². The van der Waals surface area contributed by atoms with Crippen LogP contribution in [0.2, 0.25) is 0 Å². The molecule has 33 heavy (non-hydrogen) atoms. The van der Waals surface area contributed by atoms with Crippen LogP contribution >= 0.6 is 0 Å². The summed E-state index contributed by atoms with van der Waals surface area (Å²) in [4.78, 5) is 34.3. The number of aromatic nitrogens is 3. The summed E-state index contributed by atoms with van der Waals surface area (Å²) in [5.74, 6) is 0.400.